The van der Waals surface area contributed by atoms with Gasteiger partial charge in [0.05, 0.1) is 6.04 Å². The van der Waals surface area contributed by atoms with E-state index in [2.05, 4.69) is 5.32 Å². The molecule has 113 valence electrons. The summed E-state index contributed by atoms with van der Waals surface area (Å²) in [6, 6.07) is 16.1. The fourth-order valence-corrected chi connectivity index (χ4v) is 2.38. The molecule has 1 radical (unpaired) electrons. The van der Waals surface area contributed by atoms with Gasteiger partial charge in [-0.3, -0.25) is 9.59 Å². The molecule has 0 bridgehead atoms. The summed E-state index contributed by atoms with van der Waals surface area (Å²) in [4.78, 5) is 23.1. The predicted octanol–water partition coefficient (Wildman–Crippen LogP) is 3.57. The number of nitrogens with one attached hydrogen (secondary N) is 1. The van der Waals surface area contributed by atoms with Gasteiger partial charge in [0.2, 0.25) is 6.29 Å². The molecule has 0 heterocycles. The second-order valence-corrected chi connectivity index (χ2v) is 5.47. The summed E-state index contributed by atoms with van der Waals surface area (Å²) in [5.41, 5.74) is 1.66. The fraction of sp³-hybridized carbons (Fsp3) is 0.222. The first kappa shape index (κ1) is 16.2. The van der Waals surface area contributed by atoms with Crippen LogP contribution >= 0.6 is 11.6 Å². The van der Waals surface area contributed by atoms with Crippen molar-refractivity contribution in [3.63, 3.8) is 0 Å². The third-order valence-electron chi connectivity index (χ3n) is 3.34. The summed E-state index contributed by atoms with van der Waals surface area (Å²) in [6.07, 6.45) is 4.12. The standard InChI is InChI=1S/C18H17ClNO2/c19-16-10-5-9-15(12-16)18(22)20-17(13-21)11-4-8-14-6-2-1-3-7-14/h1-3,5-7,9-10,12,17H,4,8,11H2,(H,20,22)/t17-/m1/s1. The van der Waals surface area contributed by atoms with Crippen LogP contribution in [0.1, 0.15) is 28.8 Å². The minimum absolute atomic E-state index is 0.310. The zero-order chi connectivity index (χ0) is 15.8. The maximum atomic E-state index is 12.1. The normalized spacial score (nSPS) is 11.7. The lowest BCUT2D eigenvalue weighted by molar-refractivity contribution is 0.0944. The van der Waals surface area contributed by atoms with Crippen molar-refractivity contribution in [1.82, 2.24) is 5.32 Å². The van der Waals surface area contributed by atoms with Crippen molar-refractivity contribution in [3.8, 4) is 0 Å². The molecule has 0 saturated carbocycles. The van der Waals surface area contributed by atoms with Crippen LogP contribution in [0.2, 0.25) is 5.02 Å². The lowest BCUT2D eigenvalue weighted by Gasteiger charge is -2.12. The molecule has 2 rings (SSSR count). The Morgan fingerprint density at radius 2 is 1.91 bits per heavy atom. The molecule has 0 aromatic heterocycles. The Bertz CT molecular complexity index is 628. The van der Waals surface area contributed by atoms with Gasteiger partial charge in [-0.05, 0) is 43.0 Å². The van der Waals surface area contributed by atoms with Gasteiger partial charge in [-0.15, -0.1) is 0 Å². The number of rotatable bonds is 7. The quantitative estimate of drug-likeness (QED) is 0.849. The van der Waals surface area contributed by atoms with Crippen molar-refractivity contribution in [3.05, 3.63) is 70.7 Å². The SMILES string of the molecule is O=[C][C@@H](CCCc1ccccc1)NC(=O)c1cccc(Cl)c1. The van der Waals surface area contributed by atoms with Gasteiger partial charge in [-0.2, -0.15) is 0 Å². The second kappa shape index (κ2) is 8.35. The molecule has 1 N–H and O–H groups in total. The van der Waals surface area contributed by atoms with E-state index in [1.54, 1.807) is 24.3 Å². The van der Waals surface area contributed by atoms with Crippen molar-refractivity contribution in [1.29, 1.82) is 0 Å². The van der Waals surface area contributed by atoms with Gasteiger partial charge >= 0.3 is 0 Å². The number of aryl methyl sites for hydroxylation is 1. The van der Waals surface area contributed by atoms with Crippen LogP contribution < -0.4 is 5.32 Å². The van der Waals surface area contributed by atoms with Crippen molar-refractivity contribution in [2.45, 2.75) is 25.3 Å². The van der Waals surface area contributed by atoms with Crippen LogP contribution in [0.5, 0.6) is 0 Å². The summed E-state index contributed by atoms with van der Waals surface area (Å²) >= 11 is 5.85. The van der Waals surface area contributed by atoms with Crippen LogP contribution in [0.4, 0.5) is 0 Å². The molecule has 3 nitrogen and oxygen atoms in total. The van der Waals surface area contributed by atoms with Crippen LogP contribution in [0.15, 0.2) is 54.6 Å². The van der Waals surface area contributed by atoms with E-state index in [-0.39, 0.29) is 5.91 Å². The monoisotopic (exact) mass is 314 g/mol. The maximum Gasteiger partial charge on any atom is 0.251 e. The van der Waals surface area contributed by atoms with Gasteiger partial charge in [-0.25, -0.2) is 0 Å². The Morgan fingerprint density at radius 3 is 2.59 bits per heavy atom. The second-order valence-electron chi connectivity index (χ2n) is 5.03. The number of hydrogen-bond donors (Lipinski definition) is 1. The van der Waals surface area contributed by atoms with Gasteiger partial charge in [-0.1, -0.05) is 48.0 Å². The van der Waals surface area contributed by atoms with E-state index in [9.17, 15) is 9.59 Å². The van der Waals surface area contributed by atoms with Gasteiger partial charge in [0.1, 0.15) is 0 Å². The largest absolute Gasteiger partial charge is 0.342 e. The van der Waals surface area contributed by atoms with E-state index in [4.69, 9.17) is 11.6 Å². The first-order valence-electron chi connectivity index (χ1n) is 7.17. The molecular weight excluding hydrogens is 298 g/mol. The van der Waals surface area contributed by atoms with E-state index >= 15 is 0 Å². The number of carbonyl (C=O) groups is 1. The summed E-state index contributed by atoms with van der Waals surface area (Å²) in [5, 5.41) is 3.16. The van der Waals surface area contributed by atoms with Crippen LogP contribution in [-0.2, 0) is 11.2 Å². The molecule has 0 spiro atoms. The fourth-order valence-electron chi connectivity index (χ4n) is 2.19. The first-order valence-corrected chi connectivity index (χ1v) is 7.55. The first-order chi connectivity index (χ1) is 10.7. The Hall–Kier alpha value is -2.13. The molecule has 22 heavy (non-hydrogen) atoms. The molecule has 2 aromatic carbocycles. The molecule has 0 unspecified atom stereocenters. The van der Waals surface area contributed by atoms with E-state index in [1.165, 1.54) is 5.56 Å². The highest BCUT2D eigenvalue weighted by atomic mass is 35.5. The third kappa shape index (κ3) is 5.01. The Labute approximate surface area is 135 Å². The van der Waals surface area contributed by atoms with Crippen LogP contribution in [0.3, 0.4) is 0 Å². The van der Waals surface area contributed by atoms with Crippen LogP contribution in [-0.4, -0.2) is 18.2 Å². The number of amides is 1. The highest BCUT2D eigenvalue weighted by Gasteiger charge is 2.13. The molecule has 1 atom stereocenters. The smallest absolute Gasteiger partial charge is 0.251 e. The summed E-state index contributed by atoms with van der Waals surface area (Å²) in [5.74, 6) is -0.310. The van der Waals surface area contributed by atoms with Crippen LogP contribution in [0.25, 0.3) is 0 Å². The molecule has 0 saturated heterocycles. The molecule has 0 fully saturated rings. The minimum Gasteiger partial charge on any atom is -0.342 e. The number of carbonyl (C=O) groups excluding carboxylic acids is 2. The highest BCUT2D eigenvalue weighted by molar-refractivity contribution is 6.30. The molecule has 4 heteroatoms. The number of benzene rings is 2. The lowest BCUT2D eigenvalue weighted by atomic mass is 10.0. The third-order valence-corrected chi connectivity index (χ3v) is 3.57. The van der Waals surface area contributed by atoms with Crippen molar-refractivity contribution in [2.75, 3.05) is 0 Å². The zero-order valence-corrected chi connectivity index (χ0v) is 12.8. The van der Waals surface area contributed by atoms with E-state index < -0.39 is 6.04 Å². The average molecular weight is 315 g/mol. The average Bonchev–Trinajstić information content (AvgIpc) is 2.54. The molecule has 0 aliphatic carbocycles. The molecule has 2 aromatic rings. The van der Waals surface area contributed by atoms with Crippen LogP contribution in [0, 0.1) is 0 Å². The molecule has 1 amide bonds. The van der Waals surface area contributed by atoms with E-state index in [0.29, 0.717) is 17.0 Å². The summed E-state index contributed by atoms with van der Waals surface area (Å²) in [7, 11) is 0. The topological polar surface area (TPSA) is 46.2 Å². The maximum absolute atomic E-state index is 12.1. The Morgan fingerprint density at radius 1 is 1.14 bits per heavy atom. The summed E-state index contributed by atoms with van der Waals surface area (Å²) in [6.45, 7) is 0. The van der Waals surface area contributed by atoms with Gasteiger partial charge in [0, 0.05) is 10.6 Å². The number of hydrogen-bond acceptors (Lipinski definition) is 2. The highest BCUT2D eigenvalue weighted by Crippen LogP contribution is 2.11. The molecular formula is C18H17ClNO2. The van der Waals surface area contributed by atoms with E-state index in [1.807, 2.05) is 36.6 Å². The molecule has 0 aliphatic rings. The van der Waals surface area contributed by atoms with Gasteiger partial charge < -0.3 is 5.32 Å². The number of halogens is 1. The minimum atomic E-state index is -0.602. The van der Waals surface area contributed by atoms with Crippen molar-refractivity contribution >= 4 is 23.8 Å². The van der Waals surface area contributed by atoms with E-state index in [0.717, 1.165) is 12.8 Å². The van der Waals surface area contributed by atoms with Gasteiger partial charge in [0.25, 0.3) is 5.91 Å². The van der Waals surface area contributed by atoms with Crippen molar-refractivity contribution < 1.29 is 9.59 Å². The molecule has 0 aliphatic heterocycles. The predicted molar refractivity (Wildman–Crippen MR) is 87.8 cm³/mol. The Kier molecular flexibility index (Phi) is 6.16. The summed E-state index contributed by atoms with van der Waals surface area (Å²) < 4.78 is 0. The zero-order valence-electron chi connectivity index (χ0n) is 12.1. The van der Waals surface area contributed by atoms with Gasteiger partial charge in [0.15, 0.2) is 0 Å². The van der Waals surface area contributed by atoms with Crippen molar-refractivity contribution in [2.24, 2.45) is 0 Å². The Balaban J connectivity index is 1.84. The lowest BCUT2D eigenvalue weighted by Crippen LogP contribution is -2.36.